The Morgan fingerprint density at radius 2 is 1.79 bits per heavy atom. The monoisotopic (exact) mass is 327 g/mol. The molecule has 1 aliphatic carbocycles. The molecule has 1 fully saturated rings. The lowest BCUT2D eigenvalue weighted by atomic mass is 9.91. The van der Waals surface area contributed by atoms with E-state index < -0.39 is 0 Å². The van der Waals surface area contributed by atoms with E-state index in [0.717, 1.165) is 47.8 Å². The maximum Gasteiger partial charge on any atom is 0.227 e. The molecule has 2 aromatic rings. The number of rotatable bonds is 4. The van der Waals surface area contributed by atoms with Crippen LogP contribution in [-0.2, 0) is 4.79 Å². The Balaban J connectivity index is 1.70. The molecular formula is C20H25NO3. The zero-order valence-electron chi connectivity index (χ0n) is 14.3. The molecule has 0 aliphatic heterocycles. The van der Waals surface area contributed by atoms with Crippen LogP contribution >= 0.6 is 0 Å². The molecule has 4 nitrogen and oxygen atoms in total. The number of aliphatic hydroxyl groups excluding tert-OH is 1. The topological polar surface area (TPSA) is 58.6 Å². The number of hydrogen-bond acceptors (Lipinski definition) is 3. The smallest absolute Gasteiger partial charge is 0.227 e. The van der Waals surface area contributed by atoms with Gasteiger partial charge in [-0.05, 0) is 61.1 Å². The second-order valence-corrected chi connectivity index (χ2v) is 6.71. The number of hydrogen-bond donors (Lipinski definition) is 2. The van der Waals surface area contributed by atoms with E-state index in [1.165, 1.54) is 0 Å². The van der Waals surface area contributed by atoms with E-state index in [-0.39, 0.29) is 24.0 Å². The van der Waals surface area contributed by atoms with Gasteiger partial charge in [-0.25, -0.2) is 0 Å². The van der Waals surface area contributed by atoms with Crippen molar-refractivity contribution in [1.82, 2.24) is 5.32 Å². The second-order valence-electron chi connectivity index (χ2n) is 6.71. The Bertz CT molecular complexity index is 720. The zero-order chi connectivity index (χ0) is 17.1. The van der Waals surface area contributed by atoms with Crippen molar-refractivity contribution in [3.63, 3.8) is 0 Å². The van der Waals surface area contributed by atoms with Crippen molar-refractivity contribution in [1.29, 1.82) is 0 Å². The average Bonchev–Trinajstić information content (AvgIpc) is 2.62. The summed E-state index contributed by atoms with van der Waals surface area (Å²) in [6.45, 7) is 1.94. The molecule has 1 aliphatic rings. The number of nitrogens with one attached hydrogen (secondary N) is 1. The summed E-state index contributed by atoms with van der Waals surface area (Å²) in [5.74, 6) is 0.702. The summed E-state index contributed by atoms with van der Waals surface area (Å²) in [5, 5.41) is 14.9. The van der Waals surface area contributed by atoms with Crippen LogP contribution in [0.2, 0.25) is 0 Å². The highest BCUT2D eigenvalue weighted by Gasteiger charge is 2.23. The molecule has 1 saturated carbocycles. The van der Waals surface area contributed by atoms with Crippen LogP contribution < -0.4 is 10.1 Å². The van der Waals surface area contributed by atoms with Gasteiger partial charge in [-0.1, -0.05) is 24.3 Å². The standard InChI is InChI=1S/C20H25NO3/c1-13(20(23)21-17-6-8-18(22)9-7-17)14-3-4-16-12-19(24-2)10-5-15(16)11-14/h3-5,10-13,17-18,22H,6-9H2,1-2H3,(H,21,23)/t13-,17?,18?/m0/s1. The summed E-state index contributed by atoms with van der Waals surface area (Å²) in [5.41, 5.74) is 1.01. The Morgan fingerprint density at radius 1 is 1.12 bits per heavy atom. The van der Waals surface area contributed by atoms with Gasteiger partial charge >= 0.3 is 0 Å². The number of amides is 1. The lowest BCUT2D eigenvalue weighted by Gasteiger charge is -2.27. The molecule has 24 heavy (non-hydrogen) atoms. The minimum Gasteiger partial charge on any atom is -0.497 e. The molecule has 2 N–H and O–H groups in total. The summed E-state index contributed by atoms with van der Waals surface area (Å²) in [6.07, 6.45) is 3.07. The van der Waals surface area contributed by atoms with Crippen molar-refractivity contribution in [2.45, 2.75) is 50.7 Å². The van der Waals surface area contributed by atoms with Crippen molar-refractivity contribution in [3.05, 3.63) is 42.0 Å². The first-order chi connectivity index (χ1) is 11.6. The molecule has 1 atom stereocenters. The molecule has 0 heterocycles. The van der Waals surface area contributed by atoms with Gasteiger partial charge in [0, 0.05) is 6.04 Å². The number of fused-ring (bicyclic) bond motifs is 1. The minimum atomic E-state index is -0.201. The Hall–Kier alpha value is -2.07. The van der Waals surface area contributed by atoms with Gasteiger partial charge in [0.2, 0.25) is 5.91 Å². The maximum atomic E-state index is 12.5. The predicted molar refractivity (Wildman–Crippen MR) is 95.3 cm³/mol. The number of benzene rings is 2. The van der Waals surface area contributed by atoms with E-state index in [9.17, 15) is 9.90 Å². The van der Waals surface area contributed by atoms with Gasteiger partial charge in [-0.2, -0.15) is 0 Å². The number of aliphatic hydroxyl groups is 1. The van der Waals surface area contributed by atoms with Crippen molar-refractivity contribution < 1.29 is 14.6 Å². The molecule has 2 aromatic carbocycles. The van der Waals surface area contributed by atoms with Crippen LogP contribution in [0, 0.1) is 0 Å². The molecule has 0 aromatic heterocycles. The van der Waals surface area contributed by atoms with E-state index in [4.69, 9.17) is 4.74 Å². The third-order valence-corrected chi connectivity index (χ3v) is 5.01. The molecule has 0 radical (unpaired) electrons. The molecule has 0 bridgehead atoms. The average molecular weight is 327 g/mol. The van der Waals surface area contributed by atoms with Crippen LogP contribution in [-0.4, -0.2) is 30.3 Å². The predicted octanol–water partition coefficient (Wildman–Crippen LogP) is 3.37. The first kappa shape index (κ1) is 16.8. The molecule has 0 spiro atoms. The van der Waals surface area contributed by atoms with Gasteiger partial charge in [0.15, 0.2) is 0 Å². The Kier molecular flexibility index (Phi) is 5.05. The largest absolute Gasteiger partial charge is 0.497 e. The third-order valence-electron chi connectivity index (χ3n) is 5.01. The lowest BCUT2D eigenvalue weighted by molar-refractivity contribution is -0.123. The molecule has 3 rings (SSSR count). The number of methoxy groups -OCH3 is 1. The second kappa shape index (κ2) is 7.22. The van der Waals surface area contributed by atoms with Crippen molar-refractivity contribution in [3.8, 4) is 5.75 Å². The summed E-state index contributed by atoms with van der Waals surface area (Å²) < 4.78 is 5.25. The first-order valence-corrected chi connectivity index (χ1v) is 8.63. The van der Waals surface area contributed by atoms with E-state index in [2.05, 4.69) is 11.4 Å². The van der Waals surface area contributed by atoms with Crippen LogP contribution in [0.15, 0.2) is 36.4 Å². The van der Waals surface area contributed by atoms with Crippen molar-refractivity contribution in [2.75, 3.05) is 7.11 Å². The molecule has 128 valence electrons. The molecule has 0 unspecified atom stereocenters. The van der Waals surface area contributed by atoms with Crippen LogP contribution in [0.1, 0.15) is 44.1 Å². The zero-order valence-corrected chi connectivity index (χ0v) is 14.3. The first-order valence-electron chi connectivity index (χ1n) is 8.63. The highest BCUT2D eigenvalue weighted by atomic mass is 16.5. The normalized spacial score (nSPS) is 22.1. The van der Waals surface area contributed by atoms with Crippen LogP contribution in [0.3, 0.4) is 0 Å². The molecule has 1 amide bonds. The summed E-state index contributed by atoms with van der Waals surface area (Å²) in [6, 6.07) is 12.3. The fraction of sp³-hybridized carbons (Fsp3) is 0.450. The van der Waals surface area contributed by atoms with Gasteiger partial charge in [0.25, 0.3) is 0 Å². The summed E-state index contributed by atoms with van der Waals surface area (Å²) in [4.78, 5) is 12.5. The van der Waals surface area contributed by atoms with E-state index in [1.54, 1.807) is 7.11 Å². The Labute approximate surface area is 142 Å². The fourth-order valence-corrected chi connectivity index (χ4v) is 3.34. The highest BCUT2D eigenvalue weighted by Crippen LogP contribution is 2.26. The highest BCUT2D eigenvalue weighted by molar-refractivity contribution is 5.88. The van der Waals surface area contributed by atoms with Crippen molar-refractivity contribution >= 4 is 16.7 Å². The quantitative estimate of drug-likeness (QED) is 0.905. The molecule has 0 saturated heterocycles. The number of carbonyl (C=O) groups excluding carboxylic acids is 1. The van der Waals surface area contributed by atoms with Crippen molar-refractivity contribution in [2.24, 2.45) is 0 Å². The Morgan fingerprint density at radius 3 is 2.50 bits per heavy atom. The van der Waals surface area contributed by atoms with Crippen LogP contribution in [0.4, 0.5) is 0 Å². The minimum absolute atomic E-state index is 0.0595. The molecule has 4 heteroatoms. The van der Waals surface area contributed by atoms with Gasteiger partial charge in [0.1, 0.15) is 5.75 Å². The van der Waals surface area contributed by atoms with Gasteiger partial charge < -0.3 is 15.2 Å². The summed E-state index contributed by atoms with van der Waals surface area (Å²) in [7, 11) is 1.66. The van der Waals surface area contributed by atoms with E-state index >= 15 is 0 Å². The van der Waals surface area contributed by atoms with E-state index in [1.807, 2.05) is 37.3 Å². The van der Waals surface area contributed by atoms with Gasteiger partial charge in [-0.3, -0.25) is 4.79 Å². The molecular weight excluding hydrogens is 302 g/mol. The SMILES string of the molecule is COc1ccc2cc([C@H](C)C(=O)NC3CCC(O)CC3)ccc2c1. The number of ether oxygens (including phenoxy) is 1. The van der Waals surface area contributed by atoms with Gasteiger partial charge in [0.05, 0.1) is 19.1 Å². The lowest BCUT2D eigenvalue weighted by Crippen LogP contribution is -2.40. The van der Waals surface area contributed by atoms with E-state index in [0.29, 0.717) is 0 Å². The van der Waals surface area contributed by atoms with Crippen LogP contribution in [0.25, 0.3) is 10.8 Å². The van der Waals surface area contributed by atoms with Gasteiger partial charge in [-0.15, -0.1) is 0 Å². The van der Waals surface area contributed by atoms with Crippen LogP contribution in [0.5, 0.6) is 5.75 Å². The summed E-state index contributed by atoms with van der Waals surface area (Å²) >= 11 is 0. The number of carbonyl (C=O) groups is 1. The maximum absolute atomic E-state index is 12.5. The third kappa shape index (κ3) is 3.70. The fourth-order valence-electron chi connectivity index (χ4n) is 3.34.